The van der Waals surface area contributed by atoms with Gasteiger partial charge in [-0.05, 0) is 53.6 Å². The number of allylic oxidation sites excluding steroid dienone is 2. The van der Waals surface area contributed by atoms with Gasteiger partial charge in [-0.15, -0.1) is 0 Å². The number of nitrogens with two attached hydrogens (primary N) is 1. The van der Waals surface area contributed by atoms with Crippen molar-refractivity contribution in [2.24, 2.45) is 17.6 Å². The molecular weight excluding hydrogens is 522 g/mol. The van der Waals surface area contributed by atoms with Crippen LogP contribution in [0.4, 0.5) is 5.69 Å². The molecule has 12 heteroatoms. The Hall–Kier alpha value is -4.52. The summed E-state index contributed by atoms with van der Waals surface area (Å²) in [7, 11) is 1.34. The number of aromatic hydroxyl groups is 1. The number of nitrogens with one attached hydrogen (secondary N) is 1. The third-order valence-electron chi connectivity index (χ3n) is 7.80. The number of hydrogen-bond acceptors (Lipinski definition) is 10. The standard InChI is InChI=1S/C28H27N3O9/c1-31(40)11-20(34)30-15-4-2-12(3-5-15)16-6-7-18(32)22-17(16)9-13-8-14-10-19(33)23(27(29)38)26(37)28(14,39)25(36)21(13)24(22)35/h2-7,13-14,32-33,36,39-40H,8-11H2,1H3,(H2,29,38)(H,30,34)/t13-,14+,28+/m1/s1. The smallest absolute Gasteiger partial charge is 0.255 e. The van der Waals surface area contributed by atoms with Gasteiger partial charge in [-0.25, -0.2) is 0 Å². The lowest BCUT2D eigenvalue weighted by Crippen LogP contribution is -2.57. The number of rotatable bonds is 5. The predicted molar refractivity (Wildman–Crippen MR) is 139 cm³/mol. The van der Waals surface area contributed by atoms with Crippen LogP contribution in [0.1, 0.15) is 28.8 Å². The maximum absolute atomic E-state index is 13.7. The summed E-state index contributed by atoms with van der Waals surface area (Å²) in [6, 6.07) is 9.69. The summed E-state index contributed by atoms with van der Waals surface area (Å²) in [5.74, 6) is -7.23. The fraction of sp³-hybridized carbons (Fsp3) is 0.286. The highest BCUT2D eigenvalue weighted by Gasteiger charge is 2.59. The molecule has 3 aliphatic carbocycles. The molecule has 0 bridgehead atoms. The SMILES string of the molecule is CN(O)CC(=O)Nc1ccc(-c2ccc(O)c3c2C[C@H]2C[C@H]4CC(O)=C(C(N)=O)C(=O)[C@@]4(O)C(O)=C2C3=O)cc1. The van der Waals surface area contributed by atoms with Crippen LogP contribution < -0.4 is 11.1 Å². The first-order valence-corrected chi connectivity index (χ1v) is 12.5. The van der Waals surface area contributed by atoms with E-state index in [1.807, 2.05) is 0 Å². The van der Waals surface area contributed by atoms with Crippen molar-refractivity contribution >= 4 is 29.1 Å². The number of fused-ring (bicyclic) bond motifs is 3. The number of ketones is 2. The maximum Gasteiger partial charge on any atom is 0.255 e. The zero-order valence-electron chi connectivity index (χ0n) is 21.3. The largest absolute Gasteiger partial charge is 0.511 e. The molecule has 0 aromatic heterocycles. The molecule has 0 spiro atoms. The van der Waals surface area contributed by atoms with E-state index < -0.39 is 57.9 Å². The number of anilines is 1. The van der Waals surface area contributed by atoms with Crippen LogP contribution in [0.15, 0.2) is 59.1 Å². The number of benzene rings is 2. The Labute approximate surface area is 227 Å². The third-order valence-corrected chi connectivity index (χ3v) is 7.80. The number of aliphatic hydroxyl groups is 3. The van der Waals surface area contributed by atoms with Crippen LogP contribution in [-0.4, -0.2) is 73.3 Å². The molecule has 0 fully saturated rings. The molecular formula is C28H27N3O9. The van der Waals surface area contributed by atoms with Gasteiger partial charge in [-0.3, -0.25) is 19.2 Å². The van der Waals surface area contributed by atoms with Crippen LogP contribution in [0.3, 0.4) is 0 Å². The van der Waals surface area contributed by atoms with Crippen LogP contribution in [0.5, 0.6) is 5.75 Å². The van der Waals surface area contributed by atoms with Gasteiger partial charge in [0.25, 0.3) is 5.91 Å². The number of primary amides is 1. The molecule has 3 aliphatic rings. The monoisotopic (exact) mass is 549 g/mol. The minimum Gasteiger partial charge on any atom is -0.511 e. The number of nitrogens with zero attached hydrogens (tertiary/aromatic N) is 1. The number of carbonyl (C=O) groups is 4. The van der Waals surface area contributed by atoms with E-state index in [9.17, 15) is 44.8 Å². The zero-order valence-corrected chi connectivity index (χ0v) is 21.3. The number of Topliss-reactive ketones (excluding diaryl/α,β-unsaturated/α-hetero) is 2. The lowest BCUT2D eigenvalue weighted by atomic mass is 9.60. The van der Waals surface area contributed by atoms with Gasteiger partial charge in [-0.1, -0.05) is 18.2 Å². The highest BCUT2D eigenvalue weighted by atomic mass is 16.5. The molecule has 0 saturated carbocycles. The second kappa shape index (κ2) is 9.59. The topological polar surface area (TPSA) is 211 Å². The molecule has 208 valence electrons. The first kappa shape index (κ1) is 27.1. The van der Waals surface area contributed by atoms with E-state index in [2.05, 4.69) is 5.32 Å². The fourth-order valence-corrected chi connectivity index (χ4v) is 6.03. The minimum atomic E-state index is -2.62. The summed E-state index contributed by atoms with van der Waals surface area (Å²) < 4.78 is 0. The average molecular weight is 550 g/mol. The molecule has 0 heterocycles. The number of phenols is 1. The lowest BCUT2D eigenvalue weighted by molar-refractivity contribution is -0.144. The van der Waals surface area contributed by atoms with Crippen molar-refractivity contribution in [3.8, 4) is 16.9 Å². The minimum absolute atomic E-state index is 0.0300. The first-order chi connectivity index (χ1) is 18.8. The molecule has 2 amide bonds. The Balaban J connectivity index is 1.54. The maximum atomic E-state index is 13.7. The summed E-state index contributed by atoms with van der Waals surface area (Å²) in [6.45, 7) is -0.224. The van der Waals surface area contributed by atoms with Crippen LogP contribution in [0.2, 0.25) is 0 Å². The van der Waals surface area contributed by atoms with Crippen LogP contribution >= 0.6 is 0 Å². The van der Waals surface area contributed by atoms with Crippen molar-refractivity contribution in [1.29, 1.82) is 0 Å². The van der Waals surface area contributed by atoms with Gasteiger partial charge < -0.3 is 36.7 Å². The summed E-state index contributed by atoms with van der Waals surface area (Å²) in [5, 5.41) is 56.1. The molecule has 0 aliphatic heterocycles. The normalized spacial score (nSPS) is 24.0. The van der Waals surface area contributed by atoms with Gasteiger partial charge in [0.2, 0.25) is 11.7 Å². The predicted octanol–water partition coefficient (Wildman–Crippen LogP) is 1.51. The molecule has 0 radical (unpaired) electrons. The van der Waals surface area contributed by atoms with Gasteiger partial charge in [0.1, 0.15) is 29.4 Å². The molecule has 40 heavy (non-hydrogen) atoms. The molecule has 0 unspecified atom stereocenters. The van der Waals surface area contributed by atoms with Crippen LogP contribution in [0, 0.1) is 11.8 Å². The van der Waals surface area contributed by atoms with Crippen molar-refractivity contribution in [2.75, 3.05) is 18.9 Å². The third kappa shape index (κ3) is 4.13. The van der Waals surface area contributed by atoms with Crippen molar-refractivity contribution in [3.05, 3.63) is 70.2 Å². The Kier molecular flexibility index (Phi) is 6.49. The Morgan fingerprint density at radius 2 is 1.75 bits per heavy atom. The number of likely N-dealkylation sites (N-methyl/N-ethyl adjacent to an activating group) is 1. The summed E-state index contributed by atoms with van der Waals surface area (Å²) in [6.07, 6.45) is -0.108. The summed E-state index contributed by atoms with van der Waals surface area (Å²) >= 11 is 0. The number of amides is 2. The average Bonchev–Trinajstić information content (AvgIpc) is 2.86. The van der Waals surface area contributed by atoms with Crippen LogP contribution in [0.25, 0.3) is 11.1 Å². The molecule has 8 N–H and O–H groups in total. The first-order valence-electron chi connectivity index (χ1n) is 12.5. The van der Waals surface area contributed by atoms with E-state index in [0.717, 1.165) is 5.06 Å². The van der Waals surface area contributed by atoms with E-state index in [1.54, 1.807) is 30.3 Å². The second-order valence-electron chi connectivity index (χ2n) is 10.3. The molecule has 2 aromatic carbocycles. The van der Waals surface area contributed by atoms with Gasteiger partial charge in [-0.2, -0.15) is 5.06 Å². The fourth-order valence-electron chi connectivity index (χ4n) is 6.03. The van der Waals surface area contributed by atoms with E-state index in [-0.39, 0.29) is 42.7 Å². The number of carbonyl (C=O) groups excluding carboxylic acids is 4. The zero-order chi connectivity index (χ0) is 29.1. The highest BCUT2D eigenvalue weighted by molar-refractivity contribution is 6.24. The van der Waals surface area contributed by atoms with Crippen molar-refractivity contribution in [3.63, 3.8) is 0 Å². The Morgan fingerprint density at radius 1 is 1.07 bits per heavy atom. The second-order valence-corrected chi connectivity index (χ2v) is 10.3. The molecule has 2 aromatic rings. The van der Waals surface area contributed by atoms with E-state index in [0.29, 0.717) is 22.4 Å². The van der Waals surface area contributed by atoms with Crippen molar-refractivity contribution < 1.29 is 44.8 Å². The molecule has 12 nitrogen and oxygen atoms in total. The summed E-state index contributed by atoms with van der Waals surface area (Å²) in [4.78, 5) is 50.5. The van der Waals surface area contributed by atoms with Gasteiger partial charge >= 0.3 is 0 Å². The van der Waals surface area contributed by atoms with Crippen molar-refractivity contribution in [1.82, 2.24) is 5.06 Å². The number of hydroxylamine groups is 2. The number of aliphatic hydroxyl groups excluding tert-OH is 2. The molecule has 3 atom stereocenters. The number of phenolic OH excluding ortho intramolecular Hbond substituents is 1. The lowest BCUT2D eigenvalue weighted by Gasteiger charge is -2.45. The quantitative estimate of drug-likeness (QED) is 0.211. The van der Waals surface area contributed by atoms with E-state index in [4.69, 9.17) is 5.73 Å². The molecule has 0 saturated heterocycles. The molecule has 5 rings (SSSR count). The van der Waals surface area contributed by atoms with Crippen molar-refractivity contribution in [2.45, 2.75) is 24.9 Å². The van der Waals surface area contributed by atoms with Gasteiger partial charge in [0.05, 0.1) is 5.56 Å². The van der Waals surface area contributed by atoms with Gasteiger partial charge in [0, 0.05) is 30.6 Å². The van der Waals surface area contributed by atoms with E-state index >= 15 is 0 Å². The summed E-state index contributed by atoms with van der Waals surface area (Å²) in [5.41, 5.74) is 3.73. The Morgan fingerprint density at radius 3 is 2.38 bits per heavy atom. The van der Waals surface area contributed by atoms with Gasteiger partial charge in [0.15, 0.2) is 11.4 Å². The van der Waals surface area contributed by atoms with Crippen LogP contribution in [-0.2, 0) is 20.8 Å². The highest BCUT2D eigenvalue weighted by Crippen LogP contribution is 2.52. The van der Waals surface area contributed by atoms with E-state index in [1.165, 1.54) is 13.1 Å². The number of hydrogen-bond donors (Lipinski definition) is 7. The Bertz CT molecular complexity index is 1540.